The summed E-state index contributed by atoms with van der Waals surface area (Å²) < 4.78 is 15.8. The fourth-order valence-electron chi connectivity index (χ4n) is 2.22. The van der Waals surface area contributed by atoms with Crippen LogP contribution in [0, 0.1) is 17.0 Å². The summed E-state index contributed by atoms with van der Waals surface area (Å²) in [6.45, 7) is 1.70. The van der Waals surface area contributed by atoms with Gasteiger partial charge in [0.25, 0.3) is 5.89 Å². The van der Waals surface area contributed by atoms with Crippen molar-refractivity contribution in [2.24, 2.45) is 0 Å². The second-order valence-electron chi connectivity index (χ2n) is 5.26. The zero-order valence-electron chi connectivity index (χ0n) is 13.6. The quantitative estimate of drug-likeness (QED) is 0.499. The molecule has 0 radical (unpaired) electrons. The molecule has 2 aromatic carbocycles. The zero-order chi connectivity index (χ0) is 17.8. The molecule has 3 rings (SSSR count). The van der Waals surface area contributed by atoms with Crippen molar-refractivity contribution in [1.82, 2.24) is 10.1 Å². The first kappa shape index (κ1) is 16.4. The van der Waals surface area contributed by atoms with E-state index in [0.717, 1.165) is 11.1 Å². The van der Waals surface area contributed by atoms with Crippen LogP contribution in [0.4, 0.5) is 5.69 Å². The first-order valence-electron chi connectivity index (χ1n) is 7.41. The maximum atomic E-state index is 11.1. The first-order chi connectivity index (χ1) is 12.1. The average molecular weight is 341 g/mol. The van der Waals surface area contributed by atoms with Crippen LogP contribution in [-0.4, -0.2) is 22.2 Å². The lowest BCUT2D eigenvalue weighted by Crippen LogP contribution is -1.99. The van der Waals surface area contributed by atoms with Crippen LogP contribution in [0.25, 0.3) is 11.4 Å². The Labute approximate surface area is 143 Å². The van der Waals surface area contributed by atoms with Crippen molar-refractivity contribution >= 4 is 5.69 Å². The molecule has 0 aliphatic rings. The summed E-state index contributed by atoms with van der Waals surface area (Å²) in [7, 11) is 1.57. The highest BCUT2D eigenvalue weighted by atomic mass is 16.6. The van der Waals surface area contributed by atoms with E-state index in [1.807, 2.05) is 18.2 Å². The minimum atomic E-state index is -0.488. The number of aryl methyl sites for hydroxylation is 1. The van der Waals surface area contributed by atoms with Crippen LogP contribution in [0.3, 0.4) is 0 Å². The molecule has 0 unspecified atom stereocenters. The number of nitrogens with zero attached hydrogens (tertiary/aromatic N) is 3. The van der Waals surface area contributed by atoms with Gasteiger partial charge in [-0.25, -0.2) is 0 Å². The van der Waals surface area contributed by atoms with Crippen LogP contribution in [0.1, 0.15) is 11.5 Å². The van der Waals surface area contributed by atoms with Crippen LogP contribution < -0.4 is 9.47 Å². The Morgan fingerprint density at radius 1 is 1.24 bits per heavy atom. The van der Waals surface area contributed by atoms with E-state index in [1.165, 1.54) is 6.07 Å². The first-order valence-corrected chi connectivity index (χ1v) is 7.41. The molecule has 0 spiro atoms. The molecular weight excluding hydrogens is 326 g/mol. The van der Waals surface area contributed by atoms with Gasteiger partial charge in [0, 0.05) is 11.6 Å². The Balaban J connectivity index is 1.75. The van der Waals surface area contributed by atoms with E-state index in [1.54, 1.807) is 32.2 Å². The lowest BCUT2D eigenvalue weighted by Gasteiger charge is -2.04. The topological polar surface area (TPSA) is 101 Å². The Hall–Kier alpha value is -3.42. The van der Waals surface area contributed by atoms with E-state index in [2.05, 4.69) is 10.1 Å². The number of benzene rings is 2. The Kier molecular flexibility index (Phi) is 4.60. The van der Waals surface area contributed by atoms with Crippen molar-refractivity contribution in [3.05, 3.63) is 64.0 Å². The zero-order valence-corrected chi connectivity index (χ0v) is 13.6. The highest BCUT2D eigenvalue weighted by Gasteiger charge is 2.17. The number of ether oxygens (including phenoxy) is 2. The van der Waals surface area contributed by atoms with Crippen molar-refractivity contribution in [2.45, 2.75) is 13.5 Å². The number of nitro benzene ring substituents is 1. The highest BCUT2D eigenvalue weighted by molar-refractivity contribution is 5.56. The molecule has 1 heterocycles. The fourth-order valence-corrected chi connectivity index (χ4v) is 2.22. The largest absolute Gasteiger partial charge is 0.497 e. The van der Waals surface area contributed by atoms with Gasteiger partial charge in [0.1, 0.15) is 5.75 Å². The number of nitro groups is 1. The smallest absolute Gasteiger partial charge is 0.311 e. The molecule has 0 bridgehead atoms. The van der Waals surface area contributed by atoms with Gasteiger partial charge in [0.15, 0.2) is 12.4 Å². The van der Waals surface area contributed by atoms with Crippen molar-refractivity contribution in [1.29, 1.82) is 0 Å². The third-order valence-corrected chi connectivity index (χ3v) is 3.46. The monoisotopic (exact) mass is 341 g/mol. The fraction of sp³-hybridized carbons (Fsp3) is 0.176. The predicted octanol–water partition coefficient (Wildman–Crippen LogP) is 3.54. The van der Waals surface area contributed by atoms with Crippen LogP contribution in [0.15, 0.2) is 47.0 Å². The molecule has 0 saturated carbocycles. The van der Waals surface area contributed by atoms with Crippen LogP contribution in [-0.2, 0) is 6.61 Å². The van der Waals surface area contributed by atoms with E-state index in [-0.39, 0.29) is 23.9 Å². The summed E-state index contributed by atoms with van der Waals surface area (Å²) in [5, 5.41) is 15.0. The molecule has 0 amide bonds. The van der Waals surface area contributed by atoms with E-state index in [0.29, 0.717) is 11.6 Å². The second kappa shape index (κ2) is 7.00. The van der Waals surface area contributed by atoms with E-state index in [4.69, 9.17) is 14.0 Å². The molecule has 0 saturated heterocycles. The molecule has 0 fully saturated rings. The van der Waals surface area contributed by atoms with Gasteiger partial charge in [0.2, 0.25) is 5.82 Å². The molecule has 3 aromatic rings. The summed E-state index contributed by atoms with van der Waals surface area (Å²) in [6, 6.07) is 12.0. The van der Waals surface area contributed by atoms with Crippen LogP contribution in [0.5, 0.6) is 11.5 Å². The maximum absolute atomic E-state index is 11.1. The van der Waals surface area contributed by atoms with Gasteiger partial charge < -0.3 is 14.0 Å². The van der Waals surface area contributed by atoms with Gasteiger partial charge in [0.05, 0.1) is 12.0 Å². The molecule has 128 valence electrons. The summed E-state index contributed by atoms with van der Waals surface area (Å²) in [4.78, 5) is 14.8. The average Bonchev–Trinajstić information content (AvgIpc) is 3.09. The van der Waals surface area contributed by atoms with Gasteiger partial charge in [-0.2, -0.15) is 4.98 Å². The standard InChI is InChI=1S/C17H15N3O5/c1-11-6-7-15(14(8-11)20(21)22)24-10-16-18-17(19-25-16)12-4-3-5-13(9-12)23-2/h3-9H,10H2,1-2H3. The van der Waals surface area contributed by atoms with Crippen LogP contribution >= 0.6 is 0 Å². The minimum Gasteiger partial charge on any atom is -0.497 e. The lowest BCUT2D eigenvalue weighted by atomic mass is 10.2. The predicted molar refractivity (Wildman–Crippen MR) is 88.5 cm³/mol. The highest BCUT2D eigenvalue weighted by Crippen LogP contribution is 2.28. The molecular formula is C17H15N3O5. The lowest BCUT2D eigenvalue weighted by molar-refractivity contribution is -0.386. The van der Waals surface area contributed by atoms with Crippen molar-refractivity contribution in [2.75, 3.05) is 7.11 Å². The summed E-state index contributed by atoms with van der Waals surface area (Å²) in [5.41, 5.74) is 1.40. The van der Waals surface area contributed by atoms with Gasteiger partial charge in [-0.1, -0.05) is 23.4 Å². The molecule has 0 N–H and O–H groups in total. The Morgan fingerprint density at radius 2 is 2.08 bits per heavy atom. The van der Waals surface area contributed by atoms with Gasteiger partial charge in [-0.3, -0.25) is 10.1 Å². The molecule has 8 nitrogen and oxygen atoms in total. The number of hydrogen-bond acceptors (Lipinski definition) is 7. The van der Waals surface area contributed by atoms with Crippen LogP contribution in [0.2, 0.25) is 0 Å². The summed E-state index contributed by atoms with van der Waals surface area (Å²) in [6.07, 6.45) is 0. The Morgan fingerprint density at radius 3 is 2.84 bits per heavy atom. The number of aromatic nitrogens is 2. The molecule has 0 atom stereocenters. The second-order valence-corrected chi connectivity index (χ2v) is 5.26. The van der Waals surface area contributed by atoms with Crippen molar-refractivity contribution in [3.63, 3.8) is 0 Å². The number of methoxy groups -OCH3 is 1. The summed E-state index contributed by atoms with van der Waals surface area (Å²) in [5.74, 6) is 1.43. The van der Waals surface area contributed by atoms with Gasteiger partial charge >= 0.3 is 5.69 Å². The molecule has 1 aromatic heterocycles. The van der Waals surface area contributed by atoms with E-state index in [9.17, 15) is 10.1 Å². The molecule has 0 aliphatic carbocycles. The molecule has 0 aliphatic heterocycles. The van der Waals surface area contributed by atoms with E-state index < -0.39 is 4.92 Å². The van der Waals surface area contributed by atoms with Gasteiger partial charge in [-0.05, 0) is 30.7 Å². The van der Waals surface area contributed by atoms with Crippen molar-refractivity contribution in [3.8, 4) is 22.9 Å². The summed E-state index contributed by atoms with van der Waals surface area (Å²) >= 11 is 0. The SMILES string of the molecule is COc1cccc(-c2noc(COc3ccc(C)cc3[N+](=O)[O-])n2)c1. The number of rotatable bonds is 6. The normalized spacial score (nSPS) is 10.5. The maximum Gasteiger partial charge on any atom is 0.311 e. The van der Waals surface area contributed by atoms with Gasteiger partial charge in [-0.15, -0.1) is 0 Å². The third kappa shape index (κ3) is 3.74. The number of hydrogen-bond donors (Lipinski definition) is 0. The molecule has 8 heteroatoms. The third-order valence-electron chi connectivity index (χ3n) is 3.46. The Bertz CT molecular complexity index is 907. The molecule has 25 heavy (non-hydrogen) atoms. The van der Waals surface area contributed by atoms with Crippen molar-refractivity contribution < 1.29 is 18.9 Å². The van der Waals surface area contributed by atoms with E-state index >= 15 is 0 Å². The minimum absolute atomic E-state index is 0.0686.